The fourth-order valence-electron chi connectivity index (χ4n) is 6.20. The molecule has 2 bridgehead atoms. The third-order valence-electron chi connectivity index (χ3n) is 8.21. The highest BCUT2D eigenvalue weighted by Crippen LogP contribution is 2.43. The number of fused-ring (bicyclic) bond motifs is 2. The quantitative estimate of drug-likeness (QED) is 0.282. The van der Waals surface area contributed by atoms with Crippen molar-refractivity contribution in [1.29, 1.82) is 0 Å². The second-order valence-corrected chi connectivity index (χ2v) is 13.6. The first kappa shape index (κ1) is 24.2. The molecule has 1 unspecified atom stereocenters. The van der Waals surface area contributed by atoms with Crippen LogP contribution in [0.3, 0.4) is 0 Å². The van der Waals surface area contributed by atoms with Crippen molar-refractivity contribution < 1.29 is 0 Å². The van der Waals surface area contributed by atoms with Crippen molar-refractivity contribution in [3.05, 3.63) is 64.3 Å². The minimum atomic E-state index is -0.267. The van der Waals surface area contributed by atoms with Crippen LogP contribution in [-0.2, 0) is 12.8 Å². The summed E-state index contributed by atoms with van der Waals surface area (Å²) in [7, 11) is -0.267. The molecule has 4 aliphatic rings. The molecule has 188 valence electrons. The highest BCUT2D eigenvalue weighted by Gasteiger charge is 2.45. The van der Waals surface area contributed by atoms with E-state index in [4.69, 9.17) is 16.6 Å². The number of benzene rings is 2. The van der Waals surface area contributed by atoms with Gasteiger partial charge in [0.2, 0.25) is 5.95 Å². The number of rotatable bonds is 6. The van der Waals surface area contributed by atoms with Gasteiger partial charge in [0.25, 0.3) is 0 Å². The third kappa shape index (κ3) is 4.86. The van der Waals surface area contributed by atoms with E-state index in [0.29, 0.717) is 16.8 Å². The number of halogens is 1. The molecule has 3 aromatic rings. The van der Waals surface area contributed by atoms with E-state index in [-0.39, 0.29) is 7.92 Å². The van der Waals surface area contributed by atoms with E-state index in [1.54, 1.807) is 6.20 Å². The van der Waals surface area contributed by atoms with Crippen molar-refractivity contribution in [1.82, 2.24) is 14.9 Å². The third-order valence-corrected chi connectivity index (χ3v) is 9.82. The molecule has 36 heavy (non-hydrogen) atoms. The van der Waals surface area contributed by atoms with Crippen LogP contribution in [0.1, 0.15) is 42.4 Å². The van der Waals surface area contributed by atoms with Crippen LogP contribution in [-0.4, -0.2) is 46.8 Å². The minimum Gasteiger partial charge on any atom is -0.338 e. The number of hydrogen-bond donors (Lipinski definition) is 2. The normalized spacial score (nSPS) is 23.2. The fourth-order valence-corrected chi connectivity index (χ4v) is 7.42. The topological polar surface area (TPSA) is 53.1 Å². The summed E-state index contributed by atoms with van der Waals surface area (Å²) < 4.78 is 0. The standard InChI is InChI=1S/C29H35ClN5P/c1-18-4-11-26(27(12-18)36(2)3)33-28-25(30)16-31-29(34-28)32-22-8-5-20-6-9-23(10-7-21(20)15-22)35-17-19-13-24(35)14-19/h4-5,8,11-12,15-16,19,23-24H,6-7,9-10,13-14,17H2,1-3H3,(H2,31,32,33,34). The summed E-state index contributed by atoms with van der Waals surface area (Å²) in [6, 6.07) is 14.9. The molecule has 1 atom stereocenters. The van der Waals surface area contributed by atoms with Crippen LogP contribution < -0.4 is 15.9 Å². The lowest BCUT2D eigenvalue weighted by Gasteiger charge is -2.32. The number of nitrogens with one attached hydrogen (secondary N) is 2. The molecule has 2 N–H and O–H groups in total. The van der Waals surface area contributed by atoms with E-state index >= 15 is 0 Å². The van der Waals surface area contributed by atoms with E-state index in [1.807, 2.05) is 0 Å². The van der Waals surface area contributed by atoms with Crippen molar-refractivity contribution in [2.75, 3.05) is 30.5 Å². The Kier molecular flexibility index (Phi) is 6.66. The predicted molar refractivity (Wildman–Crippen MR) is 153 cm³/mol. The maximum atomic E-state index is 6.49. The average Bonchev–Trinajstić information content (AvgIpc) is 3.38. The number of aryl methyl sites for hydroxylation is 3. The number of aromatic nitrogens is 2. The summed E-state index contributed by atoms with van der Waals surface area (Å²) in [6.45, 7) is 7.99. The Balaban J connectivity index is 1.17. The lowest BCUT2D eigenvalue weighted by atomic mass is 9.86. The van der Waals surface area contributed by atoms with E-state index in [9.17, 15) is 0 Å². The first-order valence-electron chi connectivity index (χ1n) is 13.1. The van der Waals surface area contributed by atoms with Gasteiger partial charge in [-0.25, -0.2) is 4.98 Å². The first-order valence-corrected chi connectivity index (χ1v) is 15.8. The maximum Gasteiger partial charge on any atom is 0.229 e. The first-order chi connectivity index (χ1) is 17.4. The molecule has 1 aromatic heterocycles. The summed E-state index contributed by atoms with van der Waals surface area (Å²) in [5.74, 6) is 2.16. The molecule has 3 heterocycles. The number of anilines is 4. The lowest BCUT2D eigenvalue weighted by molar-refractivity contribution is 0.170. The van der Waals surface area contributed by atoms with Crippen LogP contribution in [0, 0.1) is 12.8 Å². The van der Waals surface area contributed by atoms with Crippen molar-refractivity contribution in [2.24, 2.45) is 5.92 Å². The highest BCUT2D eigenvalue weighted by molar-refractivity contribution is 7.64. The molecule has 5 nitrogen and oxygen atoms in total. The van der Waals surface area contributed by atoms with Gasteiger partial charge in [0.05, 0.1) is 6.20 Å². The van der Waals surface area contributed by atoms with Gasteiger partial charge in [0, 0.05) is 30.0 Å². The van der Waals surface area contributed by atoms with Gasteiger partial charge in [0.15, 0.2) is 5.82 Å². The SMILES string of the molecule is Cc1ccc(Nc2nc(Nc3ccc4c(c3)CCC(N3CC5CC3C5)CC4)ncc2Cl)c(P(C)C)c1. The Morgan fingerprint density at radius 3 is 2.53 bits per heavy atom. The fraction of sp³-hybridized carbons (Fsp3) is 0.448. The molecule has 1 saturated carbocycles. The van der Waals surface area contributed by atoms with Crippen LogP contribution >= 0.6 is 19.5 Å². The average molecular weight is 520 g/mol. The van der Waals surface area contributed by atoms with Crippen molar-refractivity contribution in [2.45, 2.75) is 57.5 Å². The number of hydrogen-bond acceptors (Lipinski definition) is 5. The molecule has 2 aliphatic heterocycles. The van der Waals surface area contributed by atoms with E-state index < -0.39 is 0 Å². The van der Waals surface area contributed by atoms with Crippen LogP contribution in [0.15, 0.2) is 42.6 Å². The Hall–Kier alpha value is -2.20. The van der Waals surface area contributed by atoms with Gasteiger partial charge in [-0.05, 0) is 105 Å². The van der Waals surface area contributed by atoms with Crippen LogP contribution in [0.2, 0.25) is 5.02 Å². The van der Waals surface area contributed by atoms with Gasteiger partial charge in [-0.3, -0.25) is 4.90 Å². The summed E-state index contributed by atoms with van der Waals surface area (Å²) in [6.07, 6.45) is 9.43. The molecule has 7 heteroatoms. The van der Waals surface area contributed by atoms with Gasteiger partial charge in [0.1, 0.15) is 5.02 Å². The molecule has 0 spiro atoms. The Bertz CT molecular complexity index is 1270. The zero-order chi connectivity index (χ0) is 24.8. The molecule has 2 aromatic carbocycles. The summed E-state index contributed by atoms with van der Waals surface area (Å²) in [5.41, 5.74) is 6.31. The van der Waals surface area contributed by atoms with E-state index in [2.05, 4.69) is 77.2 Å². The second-order valence-electron chi connectivity index (χ2n) is 11.0. The molecule has 2 saturated heterocycles. The molecule has 3 fully saturated rings. The largest absolute Gasteiger partial charge is 0.338 e. The summed E-state index contributed by atoms with van der Waals surface area (Å²) >= 11 is 6.49. The minimum absolute atomic E-state index is 0.267. The predicted octanol–water partition coefficient (Wildman–Crippen LogP) is 6.63. The van der Waals surface area contributed by atoms with Gasteiger partial charge in [-0.2, -0.15) is 4.98 Å². The van der Waals surface area contributed by atoms with Gasteiger partial charge >= 0.3 is 0 Å². The number of nitrogens with zero attached hydrogens (tertiary/aromatic N) is 3. The van der Waals surface area contributed by atoms with Crippen LogP contribution in [0.25, 0.3) is 0 Å². The zero-order valence-corrected chi connectivity index (χ0v) is 23.0. The van der Waals surface area contributed by atoms with Crippen LogP contribution in [0.5, 0.6) is 0 Å². The molecular weight excluding hydrogens is 485 g/mol. The lowest BCUT2D eigenvalue weighted by Crippen LogP contribution is -2.37. The molecule has 0 radical (unpaired) electrons. The van der Waals surface area contributed by atoms with Crippen molar-refractivity contribution in [3.63, 3.8) is 0 Å². The molecule has 7 rings (SSSR count). The Labute approximate surface area is 220 Å². The van der Waals surface area contributed by atoms with Gasteiger partial charge < -0.3 is 10.6 Å². The molecule has 2 aliphatic carbocycles. The Morgan fingerprint density at radius 1 is 0.972 bits per heavy atom. The second kappa shape index (κ2) is 9.93. The zero-order valence-electron chi connectivity index (χ0n) is 21.4. The Morgan fingerprint density at radius 2 is 1.78 bits per heavy atom. The van der Waals surface area contributed by atoms with Crippen LogP contribution in [0.4, 0.5) is 23.1 Å². The van der Waals surface area contributed by atoms with E-state index in [0.717, 1.165) is 35.8 Å². The van der Waals surface area contributed by atoms with Gasteiger partial charge in [-0.15, -0.1) is 0 Å². The molecule has 0 amide bonds. The summed E-state index contributed by atoms with van der Waals surface area (Å²) in [4.78, 5) is 12.0. The summed E-state index contributed by atoms with van der Waals surface area (Å²) in [5, 5.41) is 8.71. The smallest absolute Gasteiger partial charge is 0.229 e. The van der Waals surface area contributed by atoms with E-state index in [1.165, 1.54) is 60.6 Å². The van der Waals surface area contributed by atoms with Gasteiger partial charge in [-0.1, -0.05) is 37.2 Å². The maximum absolute atomic E-state index is 6.49. The molecular formula is C29H35ClN5P. The monoisotopic (exact) mass is 519 g/mol. The van der Waals surface area contributed by atoms with Crippen molar-refractivity contribution >= 4 is 48.0 Å². The highest BCUT2D eigenvalue weighted by atomic mass is 35.5. The van der Waals surface area contributed by atoms with Crippen molar-refractivity contribution in [3.8, 4) is 0 Å².